The van der Waals surface area contributed by atoms with Gasteiger partial charge in [0.15, 0.2) is 0 Å². The average Bonchev–Trinajstić information content (AvgIpc) is 2.83. The molecule has 1 aliphatic heterocycles. The van der Waals surface area contributed by atoms with Crippen molar-refractivity contribution < 1.29 is 14.7 Å². The zero-order valence-electron chi connectivity index (χ0n) is 10.9. The van der Waals surface area contributed by atoms with Gasteiger partial charge in [-0.1, -0.05) is 19.1 Å². The Bertz CT molecular complexity index is 487. The van der Waals surface area contributed by atoms with E-state index in [2.05, 4.69) is 12.2 Å². The summed E-state index contributed by atoms with van der Waals surface area (Å²) in [6.07, 6.45) is 1.04. The van der Waals surface area contributed by atoms with Gasteiger partial charge < -0.3 is 15.3 Å². The predicted molar refractivity (Wildman–Crippen MR) is 71.0 cm³/mol. The molecule has 19 heavy (non-hydrogen) atoms. The number of carboxylic acids is 1. The Balaban J connectivity index is 1.90. The van der Waals surface area contributed by atoms with Crippen LogP contribution in [0.4, 0.5) is 4.79 Å². The SMILES string of the molecule is CC1CCN(C(=O)NCc2cccc(C(=O)O)c2)C1. The summed E-state index contributed by atoms with van der Waals surface area (Å²) in [5.74, 6) is -0.400. The lowest BCUT2D eigenvalue weighted by atomic mass is 10.1. The highest BCUT2D eigenvalue weighted by Gasteiger charge is 2.22. The van der Waals surface area contributed by atoms with Crippen LogP contribution in [0.25, 0.3) is 0 Å². The molecule has 0 bridgehead atoms. The van der Waals surface area contributed by atoms with Gasteiger partial charge in [0.1, 0.15) is 0 Å². The number of likely N-dealkylation sites (tertiary alicyclic amines) is 1. The molecule has 1 unspecified atom stereocenters. The number of aromatic carboxylic acids is 1. The number of nitrogens with one attached hydrogen (secondary N) is 1. The van der Waals surface area contributed by atoms with E-state index in [1.165, 1.54) is 6.07 Å². The third-order valence-corrected chi connectivity index (χ3v) is 3.33. The summed E-state index contributed by atoms with van der Waals surface area (Å²) in [6.45, 7) is 4.07. The lowest BCUT2D eigenvalue weighted by Crippen LogP contribution is -2.37. The zero-order chi connectivity index (χ0) is 13.8. The second-order valence-corrected chi connectivity index (χ2v) is 5.00. The molecule has 1 atom stereocenters. The minimum absolute atomic E-state index is 0.0786. The lowest BCUT2D eigenvalue weighted by molar-refractivity contribution is 0.0696. The summed E-state index contributed by atoms with van der Waals surface area (Å²) in [5, 5.41) is 11.7. The summed E-state index contributed by atoms with van der Waals surface area (Å²) < 4.78 is 0. The van der Waals surface area contributed by atoms with E-state index in [1.807, 2.05) is 0 Å². The number of nitrogens with zero attached hydrogens (tertiary/aromatic N) is 1. The number of carbonyl (C=O) groups excluding carboxylic acids is 1. The van der Waals surface area contributed by atoms with Gasteiger partial charge in [0.05, 0.1) is 5.56 Å². The Morgan fingerprint density at radius 2 is 2.26 bits per heavy atom. The fourth-order valence-corrected chi connectivity index (χ4v) is 2.22. The van der Waals surface area contributed by atoms with Crippen molar-refractivity contribution in [3.8, 4) is 0 Å². The van der Waals surface area contributed by atoms with Gasteiger partial charge in [-0.3, -0.25) is 0 Å². The predicted octanol–water partition coefficient (Wildman–Crippen LogP) is 1.94. The Hall–Kier alpha value is -2.04. The van der Waals surface area contributed by atoms with Gasteiger partial charge in [0, 0.05) is 19.6 Å². The summed E-state index contributed by atoms with van der Waals surface area (Å²) >= 11 is 0. The normalized spacial score (nSPS) is 18.4. The molecule has 0 saturated carbocycles. The van der Waals surface area contributed by atoms with Crippen molar-refractivity contribution in [3.63, 3.8) is 0 Å². The third-order valence-electron chi connectivity index (χ3n) is 3.33. The van der Waals surface area contributed by atoms with E-state index in [9.17, 15) is 9.59 Å². The Labute approximate surface area is 112 Å². The molecule has 1 heterocycles. The first-order valence-electron chi connectivity index (χ1n) is 6.41. The number of carboxylic acid groups (broad SMARTS) is 1. The molecule has 5 nitrogen and oxygen atoms in total. The highest BCUT2D eigenvalue weighted by molar-refractivity contribution is 5.87. The van der Waals surface area contributed by atoms with Crippen molar-refractivity contribution in [1.82, 2.24) is 10.2 Å². The van der Waals surface area contributed by atoms with Crippen LogP contribution < -0.4 is 5.32 Å². The summed E-state index contributed by atoms with van der Waals surface area (Å²) in [6, 6.07) is 6.53. The Morgan fingerprint density at radius 1 is 1.47 bits per heavy atom. The maximum atomic E-state index is 11.9. The molecule has 2 amide bonds. The van der Waals surface area contributed by atoms with Gasteiger partial charge in [-0.25, -0.2) is 9.59 Å². The molecule has 0 spiro atoms. The molecular formula is C14H18N2O3. The van der Waals surface area contributed by atoms with Crippen LogP contribution in [-0.4, -0.2) is 35.1 Å². The average molecular weight is 262 g/mol. The number of carbonyl (C=O) groups is 2. The lowest BCUT2D eigenvalue weighted by Gasteiger charge is -2.16. The van der Waals surface area contributed by atoms with Crippen LogP contribution in [0.1, 0.15) is 29.3 Å². The van der Waals surface area contributed by atoms with Crippen LogP contribution >= 0.6 is 0 Å². The van der Waals surface area contributed by atoms with Gasteiger partial charge in [0.2, 0.25) is 0 Å². The van der Waals surface area contributed by atoms with Crippen molar-refractivity contribution in [3.05, 3.63) is 35.4 Å². The van der Waals surface area contributed by atoms with E-state index in [-0.39, 0.29) is 11.6 Å². The van der Waals surface area contributed by atoms with Gasteiger partial charge in [0.25, 0.3) is 0 Å². The number of hydrogen-bond acceptors (Lipinski definition) is 2. The second kappa shape index (κ2) is 5.73. The van der Waals surface area contributed by atoms with Gasteiger partial charge in [-0.05, 0) is 30.0 Å². The third kappa shape index (κ3) is 3.47. The van der Waals surface area contributed by atoms with Crippen LogP contribution in [-0.2, 0) is 6.54 Å². The first kappa shape index (κ1) is 13.4. The van der Waals surface area contributed by atoms with Crippen LogP contribution in [0.3, 0.4) is 0 Å². The number of hydrogen-bond donors (Lipinski definition) is 2. The minimum atomic E-state index is -0.957. The smallest absolute Gasteiger partial charge is 0.335 e. The van der Waals surface area contributed by atoms with Crippen molar-refractivity contribution in [2.75, 3.05) is 13.1 Å². The van der Waals surface area contributed by atoms with Crippen LogP contribution in [0.2, 0.25) is 0 Å². The molecule has 1 aromatic rings. The highest BCUT2D eigenvalue weighted by Crippen LogP contribution is 2.14. The Morgan fingerprint density at radius 3 is 2.89 bits per heavy atom. The molecule has 5 heteroatoms. The summed E-state index contributed by atoms with van der Waals surface area (Å²) in [5.41, 5.74) is 1.03. The number of rotatable bonds is 3. The topological polar surface area (TPSA) is 69.6 Å². The maximum absolute atomic E-state index is 11.9. The molecule has 1 aromatic carbocycles. The van der Waals surface area contributed by atoms with Crippen molar-refractivity contribution in [2.45, 2.75) is 19.9 Å². The van der Waals surface area contributed by atoms with E-state index in [0.717, 1.165) is 25.1 Å². The number of benzene rings is 1. The maximum Gasteiger partial charge on any atom is 0.335 e. The zero-order valence-corrected chi connectivity index (χ0v) is 10.9. The van der Waals surface area contributed by atoms with E-state index in [0.29, 0.717) is 12.5 Å². The highest BCUT2D eigenvalue weighted by atomic mass is 16.4. The fourth-order valence-electron chi connectivity index (χ4n) is 2.22. The van der Waals surface area contributed by atoms with Crippen molar-refractivity contribution >= 4 is 12.0 Å². The first-order valence-corrected chi connectivity index (χ1v) is 6.41. The molecule has 0 aliphatic carbocycles. The quantitative estimate of drug-likeness (QED) is 0.874. The van der Waals surface area contributed by atoms with E-state index < -0.39 is 5.97 Å². The minimum Gasteiger partial charge on any atom is -0.478 e. The molecule has 102 valence electrons. The number of urea groups is 1. The summed E-state index contributed by atoms with van der Waals surface area (Å²) in [4.78, 5) is 24.5. The summed E-state index contributed by atoms with van der Waals surface area (Å²) in [7, 11) is 0. The molecule has 2 N–H and O–H groups in total. The molecule has 1 aliphatic rings. The van der Waals surface area contributed by atoms with Crippen molar-refractivity contribution in [1.29, 1.82) is 0 Å². The van der Waals surface area contributed by atoms with Crippen molar-refractivity contribution in [2.24, 2.45) is 5.92 Å². The fraction of sp³-hybridized carbons (Fsp3) is 0.429. The van der Waals surface area contributed by atoms with Crippen LogP contribution in [0, 0.1) is 5.92 Å². The largest absolute Gasteiger partial charge is 0.478 e. The standard InChI is InChI=1S/C14H18N2O3/c1-10-5-6-16(9-10)14(19)15-8-11-3-2-4-12(7-11)13(17)18/h2-4,7,10H,5-6,8-9H2,1H3,(H,15,19)(H,17,18). The van der Waals surface area contributed by atoms with E-state index >= 15 is 0 Å². The Kier molecular flexibility index (Phi) is 4.04. The van der Waals surface area contributed by atoms with Crippen LogP contribution in [0.15, 0.2) is 24.3 Å². The van der Waals surface area contributed by atoms with Gasteiger partial charge in [-0.2, -0.15) is 0 Å². The molecule has 0 radical (unpaired) electrons. The second-order valence-electron chi connectivity index (χ2n) is 5.00. The monoisotopic (exact) mass is 262 g/mol. The molecular weight excluding hydrogens is 244 g/mol. The van der Waals surface area contributed by atoms with E-state index in [1.54, 1.807) is 23.1 Å². The molecule has 1 fully saturated rings. The molecule has 0 aromatic heterocycles. The van der Waals surface area contributed by atoms with Gasteiger partial charge in [-0.15, -0.1) is 0 Å². The molecule has 1 saturated heterocycles. The van der Waals surface area contributed by atoms with E-state index in [4.69, 9.17) is 5.11 Å². The van der Waals surface area contributed by atoms with Crippen LogP contribution in [0.5, 0.6) is 0 Å². The number of amides is 2. The van der Waals surface area contributed by atoms with Gasteiger partial charge >= 0.3 is 12.0 Å². The first-order chi connectivity index (χ1) is 9.06. The molecule has 2 rings (SSSR count).